The number of nitrogens with zero attached hydrogens (tertiary/aromatic N) is 4. The van der Waals surface area contributed by atoms with Crippen LogP contribution in [0, 0.1) is 5.92 Å². The minimum atomic E-state index is 0.151. The van der Waals surface area contributed by atoms with E-state index in [2.05, 4.69) is 21.8 Å². The van der Waals surface area contributed by atoms with Gasteiger partial charge in [-0.05, 0) is 31.4 Å². The third-order valence-electron chi connectivity index (χ3n) is 6.19. The molecule has 1 aliphatic carbocycles. The van der Waals surface area contributed by atoms with Crippen molar-refractivity contribution in [2.24, 2.45) is 5.92 Å². The SMILES string of the molecule is C[C@@H]1CN(c2cc(Oc3ccccc3Cl)ncn2)CCN1C(=O)CCC1CCCC1. The van der Waals surface area contributed by atoms with Crippen LogP contribution in [0.15, 0.2) is 36.7 Å². The molecule has 30 heavy (non-hydrogen) atoms. The van der Waals surface area contributed by atoms with Crippen molar-refractivity contribution in [3.63, 3.8) is 0 Å². The first-order valence-electron chi connectivity index (χ1n) is 10.9. The molecule has 4 rings (SSSR count). The molecule has 1 aromatic heterocycles. The summed E-state index contributed by atoms with van der Waals surface area (Å²) in [6.07, 6.45) is 8.47. The van der Waals surface area contributed by atoms with Crippen LogP contribution in [0.1, 0.15) is 45.4 Å². The first-order valence-corrected chi connectivity index (χ1v) is 11.3. The first kappa shape index (κ1) is 20.9. The van der Waals surface area contributed by atoms with Crippen LogP contribution in [0.4, 0.5) is 5.82 Å². The van der Waals surface area contributed by atoms with E-state index < -0.39 is 0 Å². The molecule has 1 aromatic carbocycles. The van der Waals surface area contributed by atoms with Crippen LogP contribution < -0.4 is 9.64 Å². The zero-order valence-electron chi connectivity index (χ0n) is 17.5. The Labute approximate surface area is 183 Å². The summed E-state index contributed by atoms with van der Waals surface area (Å²) in [6, 6.07) is 9.29. The molecule has 2 fully saturated rings. The molecule has 1 saturated heterocycles. The van der Waals surface area contributed by atoms with Gasteiger partial charge in [-0.3, -0.25) is 4.79 Å². The number of anilines is 1. The number of carbonyl (C=O) groups is 1. The van der Waals surface area contributed by atoms with E-state index in [9.17, 15) is 4.79 Å². The molecule has 0 radical (unpaired) electrons. The van der Waals surface area contributed by atoms with E-state index in [4.69, 9.17) is 16.3 Å². The Hall–Kier alpha value is -2.34. The number of halogens is 1. The molecule has 0 spiro atoms. The predicted octanol–water partition coefficient (Wildman–Crippen LogP) is 4.93. The molecule has 0 bridgehead atoms. The number of amides is 1. The van der Waals surface area contributed by atoms with Crippen molar-refractivity contribution < 1.29 is 9.53 Å². The molecule has 1 amide bonds. The smallest absolute Gasteiger partial charge is 0.224 e. The number of carbonyl (C=O) groups excluding carboxylic acids is 1. The highest BCUT2D eigenvalue weighted by Crippen LogP contribution is 2.30. The number of ether oxygens (including phenoxy) is 1. The molecular weight excluding hydrogens is 400 g/mol. The number of piperazine rings is 1. The minimum Gasteiger partial charge on any atom is -0.437 e. The van der Waals surface area contributed by atoms with Crippen molar-refractivity contribution in [1.82, 2.24) is 14.9 Å². The number of hydrogen-bond donors (Lipinski definition) is 0. The van der Waals surface area contributed by atoms with E-state index in [0.29, 0.717) is 29.0 Å². The molecular formula is C23H29ClN4O2. The topological polar surface area (TPSA) is 58.6 Å². The fraction of sp³-hybridized carbons (Fsp3) is 0.522. The van der Waals surface area contributed by atoms with Gasteiger partial charge < -0.3 is 14.5 Å². The molecule has 6 nitrogen and oxygen atoms in total. The van der Waals surface area contributed by atoms with E-state index in [1.54, 1.807) is 6.07 Å². The predicted molar refractivity (Wildman–Crippen MR) is 118 cm³/mol. The molecule has 2 aliphatic rings. The van der Waals surface area contributed by atoms with Crippen molar-refractivity contribution >= 4 is 23.3 Å². The van der Waals surface area contributed by atoms with Gasteiger partial charge >= 0.3 is 0 Å². The van der Waals surface area contributed by atoms with Crippen LogP contribution in [0.2, 0.25) is 5.02 Å². The zero-order chi connectivity index (χ0) is 20.9. The molecule has 0 N–H and O–H groups in total. The van der Waals surface area contributed by atoms with E-state index in [1.165, 1.54) is 32.0 Å². The van der Waals surface area contributed by atoms with Gasteiger partial charge in [-0.1, -0.05) is 49.4 Å². The van der Waals surface area contributed by atoms with Crippen molar-refractivity contribution in [1.29, 1.82) is 0 Å². The van der Waals surface area contributed by atoms with Crippen LogP contribution in [0.5, 0.6) is 11.6 Å². The van der Waals surface area contributed by atoms with E-state index >= 15 is 0 Å². The van der Waals surface area contributed by atoms with Gasteiger partial charge in [0.1, 0.15) is 17.9 Å². The molecule has 1 atom stereocenters. The second-order valence-corrected chi connectivity index (χ2v) is 8.73. The number of rotatable bonds is 6. The molecule has 1 saturated carbocycles. The van der Waals surface area contributed by atoms with Gasteiger partial charge in [-0.25, -0.2) is 9.97 Å². The Kier molecular flexibility index (Phi) is 6.72. The van der Waals surface area contributed by atoms with Crippen LogP contribution in [0.25, 0.3) is 0 Å². The summed E-state index contributed by atoms with van der Waals surface area (Å²) in [5.41, 5.74) is 0. The standard InChI is InChI=1S/C23H29ClN4O2/c1-17-15-27(12-13-28(17)23(29)11-10-18-6-2-3-7-18)21-14-22(26-16-25-21)30-20-9-5-4-8-19(20)24/h4-5,8-9,14,16-18H,2-3,6-7,10-13,15H2,1H3/t17-/m1/s1. The van der Waals surface area contributed by atoms with Gasteiger partial charge in [0.2, 0.25) is 11.8 Å². The lowest BCUT2D eigenvalue weighted by atomic mass is 10.0. The summed E-state index contributed by atoms with van der Waals surface area (Å²) in [7, 11) is 0. The summed E-state index contributed by atoms with van der Waals surface area (Å²) in [6.45, 7) is 4.33. The molecule has 2 aromatic rings. The average Bonchev–Trinajstić information content (AvgIpc) is 3.27. The van der Waals surface area contributed by atoms with Gasteiger partial charge in [0.05, 0.1) is 5.02 Å². The lowest BCUT2D eigenvalue weighted by Crippen LogP contribution is -2.54. The fourth-order valence-corrected chi connectivity index (χ4v) is 4.68. The second kappa shape index (κ2) is 9.65. The van der Waals surface area contributed by atoms with Gasteiger partial charge in [-0.15, -0.1) is 0 Å². The van der Waals surface area contributed by atoms with Crippen LogP contribution in [-0.2, 0) is 4.79 Å². The third-order valence-corrected chi connectivity index (χ3v) is 6.50. The lowest BCUT2D eigenvalue weighted by Gasteiger charge is -2.40. The van der Waals surface area contributed by atoms with Crippen LogP contribution >= 0.6 is 11.6 Å². The van der Waals surface area contributed by atoms with Crippen LogP contribution in [-0.4, -0.2) is 46.5 Å². The normalized spacial score (nSPS) is 19.9. The quantitative estimate of drug-likeness (QED) is 0.652. The monoisotopic (exact) mass is 428 g/mol. The van der Waals surface area contributed by atoms with Gasteiger partial charge in [0.15, 0.2) is 0 Å². The third kappa shape index (κ3) is 5.04. The van der Waals surface area contributed by atoms with E-state index in [0.717, 1.165) is 37.8 Å². The Bertz CT molecular complexity index is 872. The number of benzene rings is 1. The molecule has 0 unspecified atom stereocenters. The van der Waals surface area contributed by atoms with E-state index in [1.807, 2.05) is 29.2 Å². The van der Waals surface area contributed by atoms with Gasteiger partial charge in [0.25, 0.3) is 0 Å². The Morgan fingerprint density at radius 1 is 1.20 bits per heavy atom. The Morgan fingerprint density at radius 2 is 2.00 bits per heavy atom. The number of para-hydroxylation sites is 1. The summed E-state index contributed by atoms with van der Waals surface area (Å²) in [4.78, 5) is 25.6. The Balaban J connectivity index is 1.34. The number of aromatic nitrogens is 2. The molecule has 160 valence electrons. The highest BCUT2D eigenvalue weighted by atomic mass is 35.5. The lowest BCUT2D eigenvalue weighted by molar-refractivity contribution is -0.133. The maximum atomic E-state index is 12.7. The largest absolute Gasteiger partial charge is 0.437 e. The minimum absolute atomic E-state index is 0.151. The Morgan fingerprint density at radius 3 is 2.77 bits per heavy atom. The zero-order valence-corrected chi connectivity index (χ0v) is 18.2. The fourth-order valence-electron chi connectivity index (χ4n) is 4.51. The van der Waals surface area contributed by atoms with Crippen molar-refractivity contribution in [2.75, 3.05) is 24.5 Å². The molecule has 2 heterocycles. The van der Waals surface area contributed by atoms with E-state index in [-0.39, 0.29) is 6.04 Å². The van der Waals surface area contributed by atoms with Crippen molar-refractivity contribution in [3.8, 4) is 11.6 Å². The maximum Gasteiger partial charge on any atom is 0.224 e. The van der Waals surface area contributed by atoms with Crippen molar-refractivity contribution in [3.05, 3.63) is 41.7 Å². The molecule has 1 aliphatic heterocycles. The summed E-state index contributed by atoms with van der Waals surface area (Å²) in [5, 5.41) is 0.538. The summed E-state index contributed by atoms with van der Waals surface area (Å²) >= 11 is 6.18. The van der Waals surface area contributed by atoms with Gasteiger partial charge in [0, 0.05) is 38.2 Å². The first-order chi connectivity index (χ1) is 14.6. The summed E-state index contributed by atoms with van der Waals surface area (Å²) in [5.74, 6) is 2.87. The van der Waals surface area contributed by atoms with Crippen LogP contribution in [0.3, 0.4) is 0 Å². The summed E-state index contributed by atoms with van der Waals surface area (Å²) < 4.78 is 5.83. The van der Waals surface area contributed by atoms with Gasteiger partial charge in [-0.2, -0.15) is 0 Å². The number of hydrogen-bond acceptors (Lipinski definition) is 5. The second-order valence-electron chi connectivity index (χ2n) is 8.32. The average molecular weight is 429 g/mol. The van der Waals surface area contributed by atoms with Crippen molar-refractivity contribution in [2.45, 2.75) is 51.5 Å². The maximum absolute atomic E-state index is 12.7. The highest BCUT2D eigenvalue weighted by molar-refractivity contribution is 6.32. The molecule has 7 heteroatoms. The highest BCUT2D eigenvalue weighted by Gasteiger charge is 2.28.